The molecule has 8 nitrogen and oxygen atoms in total. The van der Waals surface area contributed by atoms with E-state index < -0.39 is 22.8 Å². The van der Waals surface area contributed by atoms with Crippen molar-refractivity contribution >= 4 is 40.9 Å². The lowest BCUT2D eigenvalue weighted by molar-refractivity contribution is -0.152. The first-order valence-corrected chi connectivity index (χ1v) is 16.2. The maximum atomic E-state index is 13.7. The summed E-state index contributed by atoms with van der Waals surface area (Å²) < 4.78 is 14.5. The van der Waals surface area contributed by atoms with E-state index in [-0.39, 0.29) is 31.2 Å². The Labute approximate surface area is 281 Å². The highest BCUT2D eigenvalue weighted by molar-refractivity contribution is 6.31. The van der Waals surface area contributed by atoms with Crippen LogP contribution in [0.15, 0.2) is 88.5 Å². The molecule has 46 heavy (non-hydrogen) atoms. The standard InChI is InChI=1S/C36H42ClN3O5.ClH/c1-4-44-34(42)36(2,3)40-33(41)30-18-17-28(37)25-31(30)39(35(40)43)22-12-11-21-38-23-19-29(20-24-38)45-32(26-13-7-5-8-14-26)27-15-9-6-10-16-27;/h5-10,13-18,25,29,32H,4,11-12,19-24H2,1-3H3;1H. The lowest BCUT2D eigenvalue weighted by Crippen LogP contribution is -2.53. The molecule has 1 aliphatic rings. The van der Waals surface area contributed by atoms with Crippen LogP contribution in [0.25, 0.3) is 10.9 Å². The van der Waals surface area contributed by atoms with Crippen LogP contribution in [-0.4, -0.2) is 52.3 Å². The smallest absolute Gasteiger partial charge is 0.332 e. The number of likely N-dealkylation sites (tertiary alicyclic amines) is 1. The Morgan fingerprint density at radius 2 is 1.50 bits per heavy atom. The summed E-state index contributed by atoms with van der Waals surface area (Å²) >= 11 is 6.28. The van der Waals surface area contributed by atoms with E-state index >= 15 is 0 Å². The normalized spacial score (nSPS) is 14.4. The number of carbonyl (C=O) groups excluding carboxylic acids is 1. The third-order valence-corrected chi connectivity index (χ3v) is 8.85. The van der Waals surface area contributed by atoms with Gasteiger partial charge in [-0.2, -0.15) is 0 Å². The van der Waals surface area contributed by atoms with E-state index in [4.69, 9.17) is 21.1 Å². The van der Waals surface area contributed by atoms with Gasteiger partial charge in [-0.1, -0.05) is 72.3 Å². The van der Waals surface area contributed by atoms with Gasteiger partial charge in [-0.15, -0.1) is 12.4 Å². The van der Waals surface area contributed by atoms with Crippen LogP contribution in [-0.2, 0) is 26.4 Å². The summed E-state index contributed by atoms with van der Waals surface area (Å²) in [5.41, 5.74) is 0.244. The third-order valence-electron chi connectivity index (χ3n) is 8.61. The average molecular weight is 669 g/mol. The zero-order chi connectivity index (χ0) is 32.0. The van der Waals surface area contributed by atoms with Gasteiger partial charge in [0.25, 0.3) is 5.56 Å². The average Bonchev–Trinajstić information content (AvgIpc) is 3.04. The fraction of sp³-hybridized carbons (Fsp3) is 0.417. The van der Waals surface area contributed by atoms with Gasteiger partial charge in [0.05, 0.1) is 23.6 Å². The SMILES string of the molecule is CCOC(=O)C(C)(C)n1c(=O)c2ccc(Cl)cc2n(CCCCN2CCC(OC(c3ccccc3)c3ccccc3)CC2)c1=O.Cl. The number of esters is 1. The number of aromatic nitrogens is 2. The van der Waals surface area contributed by atoms with Crippen molar-refractivity contribution in [1.29, 1.82) is 0 Å². The minimum atomic E-state index is -1.47. The number of aryl methyl sites for hydroxylation is 1. The summed E-state index contributed by atoms with van der Waals surface area (Å²) in [5.74, 6) is -0.629. The Morgan fingerprint density at radius 3 is 2.09 bits per heavy atom. The molecule has 4 aromatic rings. The molecule has 246 valence electrons. The van der Waals surface area contributed by atoms with E-state index in [2.05, 4.69) is 53.4 Å². The molecule has 0 N–H and O–H groups in total. The molecule has 0 unspecified atom stereocenters. The lowest BCUT2D eigenvalue weighted by atomic mass is 10.00. The molecule has 0 radical (unpaired) electrons. The molecule has 0 aliphatic carbocycles. The summed E-state index contributed by atoms with van der Waals surface area (Å²) in [6.07, 6.45) is 3.57. The molecule has 1 aromatic heterocycles. The Balaban J connectivity index is 0.00000480. The van der Waals surface area contributed by atoms with Crippen LogP contribution in [0.3, 0.4) is 0 Å². The summed E-state index contributed by atoms with van der Waals surface area (Å²) in [6, 6.07) is 25.6. The number of rotatable bonds is 12. The summed E-state index contributed by atoms with van der Waals surface area (Å²) in [4.78, 5) is 42.4. The van der Waals surface area contributed by atoms with E-state index in [1.165, 1.54) is 13.8 Å². The molecule has 0 spiro atoms. The quantitative estimate of drug-likeness (QED) is 0.125. The minimum absolute atomic E-state index is 0. The fourth-order valence-corrected chi connectivity index (χ4v) is 6.29. The Bertz CT molecular complexity index is 1680. The van der Waals surface area contributed by atoms with Crippen LogP contribution >= 0.6 is 24.0 Å². The van der Waals surface area contributed by atoms with Crippen molar-refractivity contribution in [1.82, 2.24) is 14.0 Å². The maximum Gasteiger partial charge on any atom is 0.332 e. The zero-order valence-electron chi connectivity index (χ0n) is 26.7. The molecule has 1 aliphatic heterocycles. The molecule has 0 saturated carbocycles. The number of hydrogen-bond acceptors (Lipinski definition) is 6. The Morgan fingerprint density at radius 1 is 0.913 bits per heavy atom. The summed E-state index contributed by atoms with van der Waals surface area (Å²) in [5, 5.41) is 0.770. The molecule has 0 atom stereocenters. The highest BCUT2D eigenvalue weighted by Gasteiger charge is 2.36. The van der Waals surface area contributed by atoms with Gasteiger partial charge in [-0.05, 0) is 82.3 Å². The number of carbonyl (C=O) groups is 1. The molecule has 1 fully saturated rings. The first kappa shape index (κ1) is 35.4. The molecule has 0 bridgehead atoms. The van der Waals surface area contributed by atoms with E-state index in [1.54, 1.807) is 29.7 Å². The van der Waals surface area contributed by atoms with Crippen molar-refractivity contribution in [3.8, 4) is 0 Å². The summed E-state index contributed by atoms with van der Waals surface area (Å²) in [6.45, 7) is 8.09. The van der Waals surface area contributed by atoms with Gasteiger partial charge in [0.15, 0.2) is 0 Å². The number of benzene rings is 3. The first-order valence-electron chi connectivity index (χ1n) is 15.8. The molecule has 2 heterocycles. The number of hydrogen-bond donors (Lipinski definition) is 0. The summed E-state index contributed by atoms with van der Waals surface area (Å²) in [7, 11) is 0. The Kier molecular flexibility index (Phi) is 12.3. The molecule has 3 aromatic carbocycles. The predicted molar refractivity (Wildman–Crippen MR) is 185 cm³/mol. The van der Waals surface area contributed by atoms with E-state index in [9.17, 15) is 14.4 Å². The largest absolute Gasteiger partial charge is 0.464 e. The molecule has 10 heteroatoms. The number of nitrogens with zero attached hydrogens (tertiary/aromatic N) is 3. The minimum Gasteiger partial charge on any atom is -0.464 e. The van der Waals surface area contributed by atoms with Gasteiger partial charge < -0.3 is 14.4 Å². The lowest BCUT2D eigenvalue weighted by Gasteiger charge is -2.34. The third kappa shape index (κ3) is 7.92. The number of halogens is 2. The fourth-order valence-electron chi connectivity index (χ4n) is 6.12. The number of unbranched alkanes of at least 4 members (excludes halogenated alkanes) is 1. The Hall–Kier alpha value is -3.43. The van der Waals surface area contributed by atoms with Crippen molar-refractivity contribution in [3.05, 3.63) is 116 Å². The predicted octanol–water partition coefficient (Wildman–Crippen LogP) is 6.59. The van der Waals surface area contributed by atoms with Crippen molar-refractivity contribution in [2.24, 2.45) is 0 Å². The van der Waals surface area contributed by atoms with E-state index in [0.717, 1.165) is 61.0 Å². The topological polar surface area (TPSA) is 82.8 Å². The second kappa shape index (κ2) is 15.9. The zero-order valence-corrected chi connectivity index (χ0v) is 28.3. The van der Waals surface area contributed by atoms with Crippen molar-refractivity contribution in [2.75, 3.05) is 26.2 Å². The van der Waals surface area contributed by atoms with Gasteiger partial charge in [-0.3, -0.25) is 9.36 Å². The van der Waals surface area contributed by atoms with Gasteiger partial charge in [0, 0.05) is 24.7 Å². The van der Waals surface area contributed by atoms with Gasteiger partial charge in [-0.25, -0.2) is 14.2 Å². The van der Waals surface area contributed by atoms with Crippen LogP contribution < -0.4 is 11.2 Å². The van der Waals surface area contributed by atoms with Gasteiger partial charge in [0.1, 0.15) is 11.6 Å². The van der Waals surface area contributed by atoms with Crippen LogP contribution in [0, 0.1) is 0 Å². The van der Waals surface area contributed by atoms with Crippen LogP contribution in [0.4, 0.5) is 0 Å². The van der Waals surface area contributed by atoms with Crippen molar-refractivity contribution in [3.63, 3.8) is 0 Å². The van der Waals surface area contributed by atoms with E-state index in [0.29, 0.717) is 22.5 Å². The first-order chi connectivity index (χ1) is 21.7. The van der Waals surface area contributed by atoms with E-state index in [1.807, 2.05) is 12.1 Å². The van der Waals surface area contributed by atoms with Crippen molar-refractivity contribution < 1.29 is 14.3 Å². The van der Waals surface area contributed by atoms with Gasteiger partial charge in [0.2, 0.25) is 0 Å². The molecule has 5 rings (SSSR count). The monoisotopic (exact) mass is 667 g/mol. The van der Waals surface area contributed by atoms with Crippen molar-refractivity contribution in [2.45, 2.75) is 70.7 Å². The number of ether oxygens (including phenoxy) is 2. The second-order valence-corrected chi connectivity index (χ2v) is 12.5. The number of piperidine rings is 1. The highest BCUT2D eigenvalue weighted by atomic mass is 35.5. The maximum absolute atomic E-state index is 13.7. The second-order valence-electron chi connectivity index (χ2n) is 12.1. The molecular weight excluding hydrogens is 625 g/mol. The highest BCUT2D eigenvalue weighted by Crippen LogP contribution is 2.30. The van der Waals surface area contributed by atoms with Crippen LogP contribution in [0.5, 0.6) is 0 Å². The molecule has 1 saturated heterocycles. The number of fused-ring (bicyclic) bond motifs is 1. The van der Waals surface area contributed by atoms with Gasteiger partial charge >= 0.3 is 11.7 Å². The molecule has 0 amide bonds. The molecular formula is C36H43Cl2N3O5. The van der Waals surface area contributed by atoms with Crippen LogP contribution in [0.1, 0.15) is 63.7 Å². The van der Waals surface area contributed by atoms with Crippen LogP contribution in [0.2, 0.25) is 5.02 Å².